The van der Waals surface area contributed by atoms with E-state index in [0.29, 0.717) is 73.1 Å². The number of carbonyl (C=O) groups excluding carboxylic acids is 1. The van der Waals surface area contributed by atoms with Crippen LogP contribution in [0.25, 0.3) is 0 Å². The van der Waals surface area contributed by atoms with E-state index in [-0.39, 0.29) is 17.2 Å². The number of sulfone groups is 1. The van der Waals surface area contributed by atoms with Gasteiger partial charge in [0, 0.05) is 53.6 Å². The quantitative estimate of drug-likeness (QED) is 0.232. The van der Waals surface area contributed by atoms with Crippen LogP contribution in [0.15, 0.2) is 65.7 Å². The molecule has 49 heavy (non-hydrogen) atoms. The summed E-state index contributed by atoms with van der Waals surface area (Å²) in [7, 11) is -3.03. The fourth-order valence-electron chi connectivity index (χ4n) is 6.70. The molecule has 1 saturated heterocycles. The van der Waals surface area contributed by atoms with Gasteiger partial charge in [-0.05, 0) is 81.3 Å². The molecule has 0 bridgehead atoms. The predicted octanol–water partition coefficient (Wildman–Crippen LogP) is 7.15. The zero-order valence-electron chi connectivity index (χ0n) is 29.5. The van der Waals surface area contributed by atoms with Crippen molar-refractivity contribution < 1.29 is 17.9 Å². The molecule has 0 unspecified atom stereocenters. The van der Waals surface area contributed by atoms with Crippen LogP contribution in [0, 0.1) is 0 Å². The van der Waals surface area contributed by atoms with Crippen LogP contribution in [0.3, 0.4) is 0 Å². The summed E-state index contributed by atoms with van der Waals surface area (Å²) < 4.78 is 29.6. The maximum atomic E-state index is 15.1. The molecular weight excluding hydrogens is 681 g/mol. The van der Waals surface area contributed by atoms with Crippen molar-refractivity contribution in [2.75, 3.05) is 51.3 Å². The average molecular weight is 729 g/mol. The summed E-state index contributed by atoms with van der Waals surface area (Å²) in [6.07, 6.45) is 1.82. The molecule has 0 spiro atoms. The van der Waals surface area contributed by atoms with E-state index in [1.807, 2.05) is 77.4 Å². The number of urea groups is 1. The number of nitrogens with zero attached hydrogens (tertiary/aromatic N) is 5. The largest absolute Gasteiger partial charge is 0.477 e. The van der Waals surface area contributed by atoms with Gasteiger partial charge in [0.15, 0.2) is 0 Å². The third kappa shape index (κ3) is 7.62. The number of carbonyl (C=O) groups is 1. The van der Waals surface area contributed by atoms with Gasteiger partial charge in [0.1, 0.15) is 26.8 Å². The smallest absolute Gasteiger partial charge is 0.326 e. The number of aliphatic imine (C=N–C) groups is 1. The highest BCUT2D eigenvalue weighted by Gasteiger charge is 2.60. The standard InChI is InChI=1S/C37H47Cl2N5O4S/c1-8-48-33-30(18-19-31(40-33)35(2,3)4)32-41-36(5,26-10-14-28(38)15-11-26)37(6,27-12-16-29(39)17-13-27)44(32)34(45)43-23-21-42(22-24-43)20-9-25-49(7,46)47/h10-19H,8-9,20-25H2,1-7H3/t36-,37-/m0/s1. The molecule has 2 amide bonds. The Hall–Kier alpha value is -3.18. The Balaban J connectivity index is 1.65. The number of aromatic nitrogens is 1. The molecule has 0 saturated carbocycles. The molecule has 2 aliphatic heterocycles. The van der Waals surface area contributed by atoms with E-state index >= 15 is 4.79 Å². The summed E-state index contributed by atoms with van der Waals surface area (Å²) in [6.45, 7) is 15.6. The van der Waals surface area contributed by atoms with Crippen LogP contribution in [0.1, 0.15) is 70.3 Å². The highest BCUT2D eigenvalue weighted by atomic mass is 35.5. The number of piperazine rings is 1. The van der Waals surface area contributed by atoms with Crippen molar-refractivity contribution in [3.63, 3.8) is 0 Å². The summed E-state index contributed by atoms with van der Waals surface area (Å²) in [4.78, 5) is 31.5. The van der Waals surface area contributed by atoms with Crippen molar-refractivity contribution in [3.8, 4) is 5.88 Å². The van der Waals surface area contributed by atoms with Gasteiger partial charge >= 0.3 is 6.03 Å². The first-order chi connectivity index (χ1) is 23.0. The summed E-state index contributed by atoms with van der Waals surface area (Å²) in [5.74, 6) is 1.03. The number of amidine groups is 1. The SMILES string of the molecule is CCOc1nc(C(C)(C)C)ccc1C1=N[C@@](C)(c2ccc(Cl)cc2)[C@](C)(c2ccc(Cl)cc2)N1C(=O)N1CCN(CCCS(C)(=O)=O)CC1. The molecule has 9 nitrogen and oxygen atoms in total. The van der Waals surface area contributed by atoms with Crippen molar-refractivity contribution in [1.82, 2.24) is 19.7 Å². The number of benzene rings is 2. The van der Waals surface area contributed by atoms with Crippen molar-refractivity contribution >= 4 is 44.9 Å². The van der Waals surface area contributed by atoms with Gasteiger partial charge in [-0.25, -0.2) is 18.2 Å². The summed E-state index contributed by atoms with van der Waals surface area (Å²) in [5, 5.41) is 1.19. The maximum absolute atomic E-state index is 15.1. The molecule has 3 heterocycles. The van der Waals surface area contributed by atoms with Crippen LogP contribution in [-0.4, -0.2) is 91.3 Å². The first-order valence-corrected chi connectivity index (χ1v) is 19.6. The normalized spacial score (nSPS) is 21.9. The molecule has 12 heteroatoms. The minimum Gasteiger partial charge on any atom is -0.477 e. The molecule has 0 aliphatic carbocycles. The van der Waals surface area contributed by atoms with E-state index in [2.05, 4.69) is 39.5 Å². The van der Waals surface area contributed by atoms with Gasteiger partial charge in [-0.15, -0.1) is 0 Å². The second-order valence-electron chi connectivity index (χ2n) is 14.3. The van der Waals surface area contributed by atoms with Crippen molar-refractivity contribution in [1.29, 1.82) is 0 Å². The lowest BCUT2D eigenvalue weighted by Gasteiger charge is -2.47. The van der Waals surface area contributed by atoms with E-state index in [0.717, 1.165) is 16.8 Å². The third-order valence-corrected chi connectivity index (χ3v) is 11.3. The van der Waals surface area contributed by atoms with Crippen LogP contribution in [0.5, 0.6) is 5.88 Å². The van der Waals surface area contributed by atoms with E-state index in [4.69, 9.17) is 37.9 Å². The van der Waals surface area contributed by atoms with E-state index < -0.39 is 20.9 Å². The fraction of sp³-hybridized carbons (Fsp3) is 0.486. The lowest BCUT2D eigenvalue weighted by atomic mass is 9.71. The lowest BCUT2D eigenvalue weighted by molar-refractivity contribution is 0.0868. The molecule has 3 aromatic rings. The van der Waals surface area contributed by atoms with Crippen LogP contribution < -0.4 is 4.74 Å². The minimum atomic E-state index is -3.03. The van der Waals surface area contributed by atoms with Crippen LogP contribution in [0.2, 0.25) is 10.0 Å². The van der Waals surface area contributed by atoms with E-state index in [9.17, 15) is 8.42 Å². The highest BCUT2D eigenvalue weighted by Crippen LogP contribution is 2.54. The number of halogens is 2. The van der Waals surface area contributed by atoms with Crippen LogP contribution >= 0.6 is 23.2 Å². The molecule has 2 atom stereocenters. The summed E-state index contributed by atoms with van der Waals surface area (Å²) in [5.41, 5.74) is 0.999. The topological polar surface area (TPSA) is 95.4 Å². The number of rotatable bonds is 9. The summed E-state index contributed by atoms with van der Waals surface area (Å²) >= 11 is 12.8. The van der Waals surface area contributed by atoms with Gasteiger partial charge in [-0.2, -0.15) is 0 Å². The summed E-state index contributed by atoms with van der Waals surface area (Å²) in [6, 6.07) is 19.0. The second kappa shape index (κ2) is 14.2. The second-order valence-corrected chi connectivity index (χ2v) is 17.4. The zero-order valence-corrected chi connectivity index (χ0v) is 31.8. The first kappa shape index (κ1) is 37.1. The Morgan fingerprint density at radius 2 is 1.47 bits per heavy atom. The number of hydrogen-bond acceptors (Lipinski definition) is 7. The molecule has 264 valence electrons. The first-order valence-electron chi connectivity index (χ1n) is 16.7. The molecular formula is C37H47Cl2N5O4S. The van der Waals surface area contributed by atoms with E-state index in [1.165, 1.54) is 6.26 Å². The van der Waals surface area contributed by atoms with Gasteiger partial charge < -0.3 is 9.64 Å². The molecule has 5 rings (SSSR count). The van der Waals surface area contributed by atoms with Gasteiger partial charge in [0.2, 0.25) is 5.88 Å². The lowest BCUT2D eigenvalue weighted by Crippen LogP contribution is -2.60. The van der Waals surface area contributed by atoms with Gasteiger partial charge in [0.25, 0.3) is 0 Å². The number of pyridine rings is 1. The Morgan fingerprint density at radius 3 is 2.00 bits per heavy atom. The monoisotopic (exact) mass is 727 g/mol. The Labute approximate surface area is 301 Å². The number of amides is 2. The zero-order chi connectivity index (χ0) is 35.8. The molecule has 1 aromatic heterocycles. The fourth-order valence-corrected chi connectivity index (χ4v) is 7.60. The molecule has 1 fully saturated rings. The van der Waals surface area contributed by atoms with Gasteiger partial charge in [-0.1, -0.05) is 68.2 Å². The van der Waals surface area contributed by atoms with E-state index in [1.54, 1.807) is 0 Å². The maximum Gasteiger partial charge on any atom is 0.326 e. The highest BCUT2D eigenvalue weighted by molar-refractivity contribution is 7.90. The van der Waals surface area contributed by atoms with Crippen molar-refractivity contribution in [3.05, 3.63) is 93.1 Å². The molecule has 0 radical (unpaired) electrons. The number of ether oxygens (including phenoxy) is 1. The molecule has 2 aliphatic rings. The third-order valence-electron chi connectivity index (χ3n) is 9.72. The Kier molecular flexibility index (Phi) is 10.8. The minimum absolute atomic E-state index is 0.146. The molecule has 2 aromatic carbocycles. The molecule has 0 N–H and O–H groups in total. The van der Waals surface area contributed by atoms with Crippen molar-refractivity contribution in [2.45, 2.75) is 64.5 Å². The van der Waals surface area contributed by atoms with Gasteiger partial charge in [0.05, 0.1) is 17.9 Å². The van der Waals surface area contributed by atoms with Crippen molar-refractivity contribution in [2.24, 2.45) is 4.99 Å². The Bertz CT molecular complexity index is 1800. The Morgan fingerprint density at radius 1 is 0.898 bits per heavy atom. The average Bonchev–Trinajstić information content (AvgIpc) is 3.28. The predicted molar refractivity (Wildman–Crippen MR) is 198 cm³/mol. The van der Waals surface area contributed by atoms with Crippen LogP contribution in [0.4, 0.5) is 4.79 Å². The van der Waals surface area contributed by atoms with Gasteiger partial charge in [-0.3, -0.25) is 14.8 Å². The van der Waals surface area contributed by atoms with Crippen LogP contribution in [-0.2, 0) is 26.3 Å². The number of hydrogen-bond donors (Lipinski definition) is 0.